The number of nitrogens with zero attached hydrogens (tertiary/aromatic N) is 1. The molecule has 0 aliphatic heterocycles. The van der Waals surface area contributed by atoms with E-state index in [0.29, 0.717) is 23.4 Å². The Hall–Kier alpha value is -4.78. The molecule has 0 fully saturated rings. The van der Waals surface area contributed by atoms with Gasteiger partial charge in [0.25, 0.3) is 0 Å². The highest BCUT2D eigenvalue weighted by Gasteiger charge is 2.22. The van der Waals surface area contributed by atoms with Gasteiger partial charge in [-0.3, -0.25) is 4.79 Å². The molecule has 1 amide bonds. The molecule has 228 valence electrons. The predicted octanol–water partition coefficient (Wildman–Crippen LogP) is 8.02. The van der Waals surface area contributed by atoms with Crippen molar-refractivity contribution in [1.29, 1.82) is 0 Å². The Bertz CT molecular complexity index is 1880. The third kappa shape index (κ3) is 8.24. The minimum Gasteiger partial charge on any atom is -0.478 e. The van der Waals surface area contributed by atoms with Crippen LogP contribution in [0.5, 0.6) is 0 Å². The second kappa shape index (κ2) is 13.9. The third-order valence-electron chi connectivity index (χ3n) is 7.75. The van der Waals surface area contributed by atoms with Crippen molar-refractivity contribution in [3.05, 3.63) is 147 Å². The van der Waals surface area contributed by atoms with Gasteiger partial charge >= 0.3 is 5.97 Å². The van der Waals surface area contributed by atoms with Crippen molar-refractivity contribution in [2.75, 3.05) is 0 Å². The molecule has 4 aromatic carbocycles. The van der Waals surface area contributed by atoms with Crippen LogP contribution in [0.25, 0.3) is 23.1 Å². The lowest BCUT2D eigenvalue weighted by atomic mass is 9.89. The predicted molar refractivity (Wildman–Crippen MR) is 180 cm³/mol. The first kappa shape index (κ1) is 31.6. The van der Waals surface area contributed by atoms with Crippen molar-refractivity contribution in [2.24, 2.45) is 0 Å². The molecule has 0 radical (unpaired) electrons. The van der Waals surface area contributed by atoms with E-state index in [2.05, 4.69) is 5.32 Å². The van der Waals surface area contributed by atoms with E-state index < -0.39 is 11.6 Å². The Morgan fingerprint density at radius 2 is 1.62 bits per heavy atom. The van der Waals surface area contributed by atoms with E-state index in [1.807, 2.05) is 91.0 Å². The Balaban J connectivity index is 1.41. The summed E-state index contributed by atoms with van der Waals surface area (Å²) < 4.78 is 0. The van der Waals surface area contributed by atoms with Gasteiger partial charge < -0.3 is 15.5 Å². The van der Waals surface area contributed by atoms with Crippen molar-refractivity contribution in [1.82, 2.24) is 10.3 Å². The van der Waals surface area contributed by atoms with Crippen molar-refractivity contribution in [3.8, 4) is 0 Å². The number of carbonyl (C=O) groups is 2. The number of amides is 1. The number of halogens is 1. The van der Waals surface area contributed by atoms with E-state index in [4.69, 9.17) is 16.6 Å². The van der Waals surface area contributed by atoms with Crippen LogP contribution in [0.2, 0.25) is 5.02 Å². The SMILES string of the molecule is CC(C)(O)c1ccccc1CCC(NC(=O)Cc1ccccc1C(=O)O)c1cccc(/C=C/c2ccc3ccc(Cl)cc3n2)c1. The van der Waals surface area contributed by atoms with Gasteiger partial charge in [0.1, 0.15) is 0 Å². The zero-order chi connectivity index (χ0) is 32.0. The van der Waals surface area contributed by atoms with E-state index in [9.17, 15) is 19.8 Å². The number of nitrogens with one attached hydrogen (secondary N) is 1. The lowest BCUT2D eigenvalue weighted by molar-refractivity contribution is -0.121. The molecule has 5 aromatic rings. The Labute approximate surface area is 268 Å². The fourth-order valence-corrected chi connectivity index (χ4v) is 5.68. The first-order chi connectivity index (χ1) is 21.6. The van der Waals surface area contributed by atoms with Crippen LogP contribution in [0.15, 0.2) is 103 Å². The molecule has 7 heteroatoms. The van der Waals surface area contributed by atoms with Crippen molar-refractivity contribution in [3.63, 3.8) is 0 Å². The number of carboxylic acids is 1. The standard InChI is InChI=1S/C38H35ClN2O4/c1-38(2,45)33-13-6-4-9-26(33)17-21-34(41-36(42)23-28-10-3-5-12-32(28)37(43)44)29-11-7-8-25(22-29)14-19-31-20-16-27-15-18-30(39)24-35(27)40-31/h3-16,18-20,22,24,34,45H,17,21,23H2,1-2H3,(H,41,42)(H,43,44)/b19-14+. The number of pyridine rings is 1. The second-order valence-electron chi connectivity index (χ2n) is 11.6. The Kier molecular flexibility index (Phi) is 9.77. The molecule has 1 heterocycles. The number of carboxylic acid groups (broad SMARTS) is 1. The molecule has 1 aromatic heterocycles. The molecule has 5 rings (SSSR count). The van der Waals surface area contributed by atoms with E-state index in [-0.39, 0.29) is 23.9 Å². The van der Waals surface area contributed by atoms with Crippen LogP contribution in [0, 0.1) is 0 Å². The monoisotopic (exact) mass is 618 g/mol. The minimum atomic E-state index is -1.07. The number of benzene rings is 4. The van der Waals surface area contributed by atoms with Gasteiger partial charge in [0.05, 0.1) is 34.8 Å². The molecule has 0 saturated heterocycles. The smallest absolute Gasteiger partial charge is 0.335 e. The summed E-state index contributed by atoms with van der Waals surface area (Å²) in [6, 6.07) is 31.5. The normalized spacial score (nSPS) is 12.4. The molecule has 1 unspecified atom stereocenters. The molecule has 0 aliphatic rings. The molecule has 0 bridgehead atoms. The second-order valence-corrected chi connectivity index (χ2v) is 12.0. The Morgan fingerprint density at radius 1 is 0.889 bits per heavy atom. The summed E-state index contributed by atoms with van der Waals surface area (Å²) in [7, 11) is 0. The Morgan fingerprint density at radius 3 is 2.40 bits per heavy atom. The van der Waals surface area contributed by atoms with Crippen LogP contribution in [0.3, 0.4) is 0 Å². The number of fused-ring (bicyclic) bond motifs is 1. The summed E-state index contributed by atoms with van der Waals surface area (Å²) in [5.41, 5.74) is 4.85. The van der Waals surface area contributed by atoms with Gasteiger partial charge in [0.2, 0.25) is 5.91 Å². The average molecular weight is 619 g/mol. The van der Waals surface area contributed by atoms with Crippen LogP contribution in [0.1, 0.15) is 70.2 Å². The highest BCUT2D eigenvalue weighted by Crippen LogP contribution is 2.28. The van der Waals surface area contributed by atoms with E-state index in [0.717, 1.165) is 38.9 Å². The summed E-state index contributed by atoms with van der Waals surface area (Å²) in [4.78, 5) is 29.8. The van der Waals surface area contributed by atoms with Gasteiger partial charge in [-0.2, -0.15) is 0 Å². The van der Waals surface area contributed by atoms with Crippen LogP contribution in [-0.4, -0.2) is 27.1 Å². The first-order valence-corrected chi connectivity index (χ1v) is 15.2. The zero-order valence-electron chi connectivity index (χ0n) is 25.2. The maximum atomic E-state index is 13.4. The molecule has 0 spiro atoms. The molecule has 45 heavy (non-hydrogen) atoms. The summed E-state index contributed by atoms with van der Waals surface area (Å²) in [5.74, 6) is -1.34. The number of aromatic carboxylic acids is 1. The number of hydrogen-bond acceptors (Lipinski definition) is 4. The summed E-state index contributed by atoms with van der Waals surface area (Å²) in [5, 5.41) is 25.2. The highest BCUT2D eigenvalue weighted by molar-refractivity contribution is 6.31. The van der Waals surface area contributed by atoms with Gasteiger partial charge in [0.15, 0.2) is 0 Å². The van der Waals surface area contributed by atoms with Gasteiger partial charge in [-0.25, -0.2) is 9.78 Å². The average Bonchev–Trinajstić information content (AvgIpc) is 3.01. The largest absolute Gasteiger partial charge is 0.478 e. The first-order valence-electron chi connectivity index (χ1n) is 14.8. The molecule has 1 atom stereocenters. The fraction of sp³-hybridized carbons (Fsp3) is 0.184. The number of rotatable bonds is 11. The maximum Gasteiger partial charge on any atom is 0.335 e. The summed E-state index contributed by atoms with van der Waals surface area (Å²) >= 11 is 6.16. The minimum absolute atomic E-state index is 0.0591. The van der Waals surface area contributed by atoms with E-state index >= 15 is 0 Å². The molecular weight excluding hydrogens is 584 g/mol. The molecule has 6 nitrogen and oxygen atoms in total. The topological polar surface area (TPSA) is 99.5 Å². The third-order valence-corrected chi connectivity index (χ3v) is 7.98. The van der Waals surface area contributed by atoms with Gasteiger partial charge in [-0.1, -0.05) is 90.5 Å². The van der Waals surface area contributed by atoms with Gasteiger partial charge in [0, 0.05) is 10.4 Å². The van der Waals surface area contributed by atoms with Crippen LogP contribution in [-0.2, 0) is 23.2 Å². The quantitative estimate of drug-likeness (QED) is 0.139. The maximum absolute atomic E-state index is 13.4. The molecular formula is C38H35ClN2O4. The lowest BCUT2D eigenvalue weighted by Crippen LogP contribution is -2.31. The van der Waals surface area contributed by atoms with Crippen LogP contribution < -0.4 is 5.32 Å². The summed E-state index contributed by atoms with van der Waals surface area (Å²) in [6.45, 7) is 3.53. The van der Waals surface area contributed by atoms with Crippen molar-refractivity contribution >= 4 is 46.5 Å². The van der Waals surface area contributed by atoms with E-state index in [1.165, 1.54) is 6.07 Å². The van der Waals surface area contributed by atoms with Crippen molar-refractivity contribution < 1.29 is 19.8 Å². The zero-order valence-corrected chi connectivity index (χ0v) is 26.0. The summed E-state index contributed by atoms with van der Waals surface area (Å²) in [6.07, 6.45) is 5.04. The van der Waals surface area contributed by atoms with Crippen LogP contribution >= 0.6 is 11.6 Å². The van der Waals surface area contributed by atoms with Crippen molar-refractivity contribution in [2.45, 2.75) is 44.8 Å². The van der Waals surface area contributed by atoms with Gasteiger partial charge in [-0.05, 0) is 90.9 Å². The van der Waals surface area contributed by atoms with Gasteiger partial charge in [-0.15, -0.1) is 0 Å². The van der Waals surface area contributed by atoms with E-state index in [1.54, 1.807) is 32.0 Å². The number of aryl methyl sites for hydroxylation is 1. The lowest BCUT2D eigenvalue weighted by Gasteiger charge is -2.24. The molecule has 0 saturated carbocycles. The number of aromatic nitrogens is 1. The highest BCUT2D eigenvalue weighted by atomic mass is 35.5. The molecule has 0 aliphatic carbocycles. The fourth-order valence-electron chi connectivity index (χ4n) is 5.52. The van der Waals surface area contributed by atoms with Crippen LogP contribution in [0.4, 0.5) is 0 Å². The number of carbonyl (C=O) groups excluding carboxylic acids is 1. The molecule has 3 N–H and O–H groups in total. The number of aliphatic hydroxyl groups is 1. The number of hydrogen-bond donors (Lipinski definition) is 3.